The van der Waals surface area contributed by atoms with Crippen molar-refractivity contribution in [3.05, 3.63) is 72.8 Å². The standard InChI is InChI=1S/C20H24N4O.C4H4O4.H2O/c1-17(23(2)19-11-7-4-8-12-19)21-20(24-13-15-25-16-14-24)22-18-9-5-3-6-10-18;5-3(6)1-2-4(7)8;/h3-12H,13-16H2,1-2H3;1-2H,(H,5,6)(H,7,8);1H2/b;2-1+;. The first-order chi connectivity index (χ1) is 15.9. The molecule has 182 valence electrons. The number of morpholine rings is 1. The summed E-state index contributed by atoms with van der Waals surface area (Å²) in [6, 6.07) is 20.2. The SMILES string of the molecule is CC(=NC(=Nc1ccccc1)N1CCOCC1)N(C)c1ccccc1.O.O=C(O)/C=C/C(=O)O. The number of amidine groups is 1. The van der Waals surface area contributed by atoms with Gasteiger partial charge < -0.3 is 30.2 Å². The number of ether oxygens (including phenoxy) is 1. The first-order valence-electron chi connectivity index (χ1n) is 10.3. The number of carboxylic acids is 2. The van der Waals surface area contributed by atoms with Crippen LogP contribution < -0.4 is 4.90 Å². The molecule has 1 heterocycles. The first kappa shape index (κ1) is 28.0. The Balaban J connectivity index is 0.000000556. The summed E-state index contributed by atoms with van der Waals surface area (Å²) in [6.45, 7) is 5.02. The van der Waals surface area contributed by atoms with E-state index in [1.54, 1.807) is 0 Å². The van der Waals surface area contributed by atoms with Gasteiger partial charge in [0.15, 0.2) is 0 Å². The molecule has 1 aliphatic heterocycles. The molecular formula is C24H30N4O6. The van der Waals surface area contributed by atoms with Crippen LogP contribution in [0.15, 0.2) is 82.8 Å². The predicted octanol–water partition coefficient (Wildman–Crippen LogP) is 2.45. The summed E-state index contributed by atoms with van der Waals surface area (Å²) >= 11 is 0. The molecule has 0 aromatic heterocycles. The van der Waals surface area contributed by atoms with Crippen molar-refractivity contribution in [2.24, 2.45) is 9.98 Å². The number of rotatable bonds is 4. The number of hydrogen-bond donors (Lipinski definition) is 2. The van der Waals surface area contributed by atoms with Crippen molar-refractivity contribution >= 4 is 35.1 Å². The number of hydrogen-bond acceptors (Lipinski definition) is 4. The number of para-hydroxylation sites is 2. The topological polar surface area (TPSA) is 147 Å². The Labute approximate surface area is 198 Å². The second-order valence-electron chi connectivity index (χ2n) is 6.91. The van der Waals surface area contributed by atoms with E-state index in [1.165, 1.54) is 0 Å². The van der Waals surface area contributed by atoms with Gasteiger partial charge in [0.2, 0.25) is 5.96 Å². The average molecular weight is 471 g/mol. The minimum Gasteiger partial charge on any atom is -0.478 e. The van der Waals surface area contributed by atoms with Crippen molar-refractivity contribution in [1.82, 2.24) is 4.90 Å². The van der Waals surface area contributed by atoms with Crippen molar-refractivity contribution in [2.75, 3.05) is 38.3 Å². The van der Waals surface area contributed by atoms with Crippen molar-refractivity contribution in [2.45, 2.75) is 6.92 Å². The second kappa shape index (κ2) is 14.9. The van der Waals surface area contributed by atoms with Gasteiger partial charge in [0.05, 0.1) is 18.9 Å². The van der Waals surface area contributed by atoms with Gasteiger partial charge in [0.1, 0.15) is 5.84 Å². The smallest absolute Gasteiger partial charge is 0.328 e. The van der Waals surface area contributed by atoms with Crippen LogP contribution in [0, 0.1) is 0 Å². The molecule has 1 fully saturated rings. The Morgan fingerprint density at radius 3 is 1.94 bits per heavy atom. The molecule has 2 aromatic carbocycles. The fourth-order valence-corrected chi connectivity index (χ4v) is 2.75. The average Bonchev–Trinajstić information content (AvgIpc) is 2.84. The Morgan fingerprint density at radius 1 is 0.941 bits per heavy atom. The molecule has 0 atom stereocenters. The molecule has 0 aliphatic carbocycles. The molecule has 0 amide bonds. The van der Waals surface area contributed by atoms with Gasteiger partial charge in [0.25, 0.3) is 0 Å². The van der Waals surface area contributed by atoms with Gasteiger partial charge in [-0.2, -0.15) is 4.99 Å². The van der Waals surface area contributed by atoms with Crippen molar-refractivity contribution < 1.29 is 30.0 Å². The Morgan fingerprint density at radius 2 is 1.44 bits per heavy atom. The van der Waals surface area contributed by atoms with Crippen LogP contribution in [0.5, 0.6) is 0 Å². The summed E-state index contributed by atoms with van der Waals surface area (Å²) in [4.78, 5) is 33.0. The molecule has 4 N–H and O–H groups in total. The molecule has 3 rings (SSSR count). The summed E-state index contributed by atoms with van der Waals surface area (Å²) in [5, 5.41) is 15.6. The molecule has 10 nitrogen and oxygen atoms in total. The number of carboxylic acid groups (broad SMARTS) is 2. The number of aliphatic imine (C=N–C) groups is 2. The van der Waals surface area contributed by atoms with Crippen LogP contribution in [0.2, 0.25) is 0 Å². The van der Waals surface area contributed by atoms with Gasteiger partial charge in [-0.3, -0.25) is 0 Å². The number of nitrogens with zero attached hydrogens (tertiary/aromatic N) is 4. The van der Waals surface area contributed by atoms with E-state index in [9.17, 15) is 9.59 Å². The number of anilines is 1. The lowest BCUT2D eigenvalue weighted by Gasteiger charge is -2.28. The second-order valence-corrected chi connectivity index (χ2v) is 6.91. The van der Waals surface area contributed by atoms with E-state index in [0.29, 0.717) is 25.4 Å². The number of benzene rings is 2. The minimum atomic E-state index is -1.26. The van der Waals surface area contributed by atoms with Crippen LogP contribution in [0.1, 0.15) is 6.92 Å². The quantitative estimate of drug-likeness (QED) is 0.396. The molecule has 0 bridgehead atoms. The largest absolute Gasteiger partial charge is 0.478 e. The molecular weight excluding hydrogens is 440 g/mol. The highest BCUT2D eigenvalue weighted by Gasteiger charge is 2.16. The van der Waals surface area contributed by atoms with Crippen molar-refractivity contribution in [1.29, 1.82) is 0 Å². The molecule has 2 aromatic rings. The number of aliphatic carboxylic acids is 2. The third-order valence-electron chi connectivity index (χ3n) is 4.54. The van der Waals surface area contributed by atoms with Gasteiger partial charge in [-0.1, -0.05) is 36.4 Å². The lowest BCUT2D eigenvalue weighted by atomic mass is 10.3. The summed E-state index contributed by atoms with van der Waals surface area (Å²) in [5.74, 6) is -0.887. The van der Waals surface area contributed by atoms with Gasteiger partial charge in [0, 0.05) is 38.0 Å². The van der Waals surface area contributed by atoms with Gasteiger partial charge in [-0.05, 0) is 31.2 Å². The maximum Gasteiger partial charge on any atom is 0.328 e. The third-order valence-corrected chi connectivity index (χ3v) is 4.54. The first-order valence-corrected chi connectivity index (χ1v) is 10.3. The molecule has 1 aliphatic rings. The summed E-state index contributed by atoms with van der Waals surface area (Å²) in [5.41, 5.74) is 2.01. The van der Waals surface area contributed by atoms with E-state index in [-0.39, 0.29) is 5.48 Å². The molecule has 0 unspecified atom stereocenters. The van der Waals surface area contributed by atoms with Gasteiger partial charge in [-0.15, -0.1) is 0 Å². The molecule has 1 saturated heterocycles. The molecule has 10 heteroatoms. The van der Waals surface area contributed by atoms with Crippen LogP contribution in [-0.4, -0.2) is 77.7 Å². The monoisotopic (exact) mass is 470 g/mol. The fourth-order valence-electron chi connectivity index (χ4n) is 2.75. The van der Waals surface area contributed by atoms with Crippen molar-refractivity contribution in [3.8, 4) is 0 Å². The summed E-state index contributed by atoms with van der Waals surface area (Å²) in [7, 11) is 2.02. The molecule has 0 radical (unpaired) electrons. The van der Waals surface area contributed by atoms with E-state index in [2.05, 4.69) is 21.9 Å². The van der Waals surface area contributed by atoms with Crippen LogP contribution in [0.25, 0.3) is 0 Å². The third kappa shape index (κ3) is 10.1. The highest BCUT2D eigenvalue weighted by molar-refractivity contribution is 6.03. The Bertz CT molecular complexity index is 971. The molecule has 0 spiro atoms. The highest BCUT2D eigenvalue weighted by Crippen LogP contribution is 2.15. The minimum absolute atomic E-state index is 0. The maximum atomic E-state index is 9.55. The van der Waals surface area contributed by atoms with E-state index in [1.807, 2.05) is 62.5 Å². The lowest BCUT2D eigenvalue weighted by molar-refractivity contribution is -0.134. The van der Waals surface area contributed by atoms with E-state index >= 15 is 0 Å². The highest BCUT2D eigenvalue weighted by atomic mass is 16.5. The molecule has 34 heavy (non-hydrogen) atoms. The number of guanidine groups is 1. The van der Waals surface area contributed by atoms with E-state index in [4.69, 9.17) is 24.9 Å². The van der Waals surface area contributed by atoms with Crippen LogP contribution in [0.3, 0.4) is 0 Å². The summed E-state index contributed by atoms with van der Waals surface area (Å²) < 4.78 is 5.47. The predicted molar refractivity (Wildman–Crippen MR) is 132 cm³/mol. The van der Waals surface area contributed by atoms with E-state index in [0.717, 1.165) is 36.3 Å². The van der Waals surface area contributed by atoms with Crippen molar-refractivity contribution in [3.63, 3.8) is 0 Å². The number of carbonyl (C=O) groups is 2. The van der Waals surface area contributed by atoms with Gasteiger partial charge >= 0.3 is 11.9 Å². The summed E-state index contributed by atoms with van der Waals surface area (Å²) in [6.07, 6.45) is 1.12. The zero-order valence-electron chi connectivity index (χ0n) is 19.2. The Hall–Kier alpha value is -4.02. The normalized spacial score (nSPS) is 14.0. The zero-order valence-corrected chi connectivity index (χ0v) is 19.2. The van der Waals surface area contributed by atoms with Crippen LogP contribution in [-0.2, 0) is 14.3 Å². The lowest BCUT2D eigenvalue weighted by Crippen LogP contribution is -2.41. The van der Waals surface area contributed by atoms with Crippen LogP contribution >= 0.6 is 0 Å². The fraction of sp³-hybridized carbons (Fsp3) is 0.250. The van der Waals surface area contributed by atoms with E-state index < -0.39 is 11.9 Å². The Kier molecular flexibility index (Phi) is 12.3. The molecule has 0 saturated carbocycles. The zero-order chi connectivity index (χ0) is 24.1. The van der Waals surface area contributed by atoms with Crippen LogP contribution in [0.4, 0.5) is 11.4 Å². The maximum absolute atomic E-state index is 9.55. The van der Waals surface area contributed by atoms with Gasteiger partial charge in [-0.25, -0.2) is 14.6 Å².